The van der Waals surface area contributed by atoms with Crippen LogP contribution in [-0.4, -0.2) is 22.2 Å². The molecule has 5 heteroatoms. The van der Waals surface area contributed by atoms with Crippen LogP contribution in [0.15, 0.2) is 54.7 Å². The summed E-state index contributed by atoms with van der Waals surface area (Å²) in [6, 6.07) is 14.0. The molecular formula is C15H14N2O3. The summed E-state index contributed by atoms with van der Waals surface area (Å²) < 4.78 is 0. The first kappa shape index (κ1) is 13.9. The Bertz CT molecular complexity index is 585. The number of ketones is 1. The molecule has 0 N–H and O–H groups in total. The maximum atomic E-state index is 12.2. The van der Waals surface area contributed by atoms with Crippen molar-refractivity contribution in [2.75, 3.05) is 6.54 Å². The average molecular weight is 270 g/mol. The predicted molar refractivity (Wildman–Crippen MR) is 74.2 cm³/mol. The summed E-state index contributed by atoms with van der Waals surface area (Å²) in [4.78, 5) is 26.6. The maximum absolute atomic E-state index is 12.2. The van der Waals surface area contributed by atoms with Crippen molar-refractivity contribution in [2.45, 2.75) is 12.3 Å². The molecule has 0 aliphatic heterocycles. The Balaban J connectivity index is 2.16. The first-order valence-corrected chi connectivity index (χ1v) is 6.28. The van der Waals surface area contributed by atoms with E-state index in [4.69, 9.17) is 0 Å². The normalized spacial score (nSPS) is 11.8. The fourth-order valence-electron chi connectivity index (χ4n) is 2.03. The van der Waals surface area contributed by atoms with Crippen molar-refractivity contribution in [1.82, 2.24) is 4.98 Å². The van der Waals surface area contributed by atoms with E-state index < -0.39 is 10.8 Å². The minimum absolute atomic E-state index is 0.0853. The quantitative estimate of drug-likeness (QED) is 0.459. The second-order valence-electron chi connectivity index (χ2n) is 4.46. The van der Waals surface area contributed by atoms with E-state index in [-0.39, 0.29) is 18.7 Å². The molecule has 5 nitrogen and oxygen atoms in total. The highest BCUT2D eigenvalue weighted by Crippen LogP contribution is 2.20. The van der Waals surface area contributed by atoms with Crippen molar-refractivity contribution in [3.63, 3.8) is 0 Å². The smallest absolute Gasteiger partial charge is 0.212 e. The summed E-state index contributed by atoms with van der Waals surface area (Å²) in [5, 5.41) is 10.8. The molecule has 20 heavy (non-hydrogen) atoms. The zero-order chi connectivity index (χ0) is 14.4. The lowest BCUT2D eigenvalue weighted by molar-refractivity contribution is -0.483. The zero-order valence-corrected chi connectivity index (χ0v) is 10.8. The molecule has 102 valence electrons. The van der Waals surface area contributed by atoms with E-state index >= 15 is 0 Å². The van der Waals surface area contributed by atoms with Crippen LogP contribution in [0.4, 0.5) is 0 Å². The van der Waals surface area contributed by atoms with Gasteiger partial charge in [-0.25, -0.2) is 0 Å². The molecule has 0 saturated carbocycles. The SMILES string of the molecule is O=C(CC(C[N+](=O)[O-])c1ccccn1)c1ccccc1. The van der Waals surface area contributed by atoms with Crippen LogP contribution < -0.4 is 0 Å². The van der Waals surface area contributed by atoms with Gasteiger partial charge < -0.3 is 0 Å². The van der Waals surface area contributed by atoms with Gasteiger partial charge in [-0.3, -0.25) is 19.9 Å². The molecule has 2 aromatic rings. The lowest BCUT2D eigenvalue weighted by Gasteiger charge is -2.11. The van der Waals surface area contributed by atoms with Gasteiger partial charge in [-0.05, 0) is 12.1 Å². The van der Waals surface area contributed by atoms with Gasteiger partial charge in [-0.15, -0.1) is 0 Å². The van der Waals surface area contributed by atoms with E-state index in [0.29, 0.717) is 11.3 Å². The number of rotatable bonds is 6. The first-order valence-electron chi connectivity index (χ1n) is 6.28. The minimum atomic E-state index is -0.501. The Morgan fingerprint density at radius 1 is 1.15 bits per heavy atom. The van der Waals surface area contributed by atoms with E-state index in [1.54, 1.807) is 48.7 Å². The van der Waals surface area contributed by atoms with Gasteiger partial charge in [0.15, 0.2) is 5.78 Å². The summed E-state index contributed by atoms with van der Waals surface area (Å²) in [5.74, 6) is -0.609. The molecule has 0 radical (unpaired) electrons. The standard InChI is InChI=1S/C15H14N2O3/c18-15(12-6-2-1-3-7-12)10-13(11-17(19)20)14-8-4-5-9-16-14/h1-9,13H,10-11H2. The molecule has 1 unspecified atom stereocenters. The van der Waals surface area contributed by atoms with Gasteiger partial charge in [0, 0.05) is 23.1 Å². The number of hydrogen-bond donors (Lipinski definition) is 0. The molecule has 0 amide bonds. The number of carbonyl (C=O) groups is 1. The Labute approximate surface area is 116 Å². The van der Waals surface area contributed by atoms with Gasteiger partial charge in [-0.1, -0.05) is 36.4 Å². The molecule has 2 rings (SSSR count). The topological polar surface area (TPSA) is 73.1 Å². The molecule has 0 bridgehead atoms. The third kappa shape index (κ3) is 3.71. The number of nitro groups is 1. The van der Waals surface area contributed by atoms with Crippen LogP contribution in [0.1, 0.15) is 28.4 Å². The van der Waals surface area contributed by atoms with Crippen molar-refractivity contribution in [3.8, 4) is 0 Å². The Kier molecular flexibility index (Phi) is 4.55. The third-order valence-electron chi connectivity index (χ3n) is 3.00. The monoisotopic (exact) mass is 270 g/mol. The van der Waals surface area contributed by atoms with Crippen LogP contribution in [0.5, 0.6) is 0 Å². The number of aromatic nitrogens is 1. The Morgan fingerprint density at radius 3 is 2.45 bits per heavy atom. The highest BCUT2D eigenvalue weighted by atomic mass is 16.6. The molecule has 1 atom stereocenters. The Hall–Kier alpha value is -2.56. The van der Waals surface area contributed by atoms with Crippen molar-refractivity contribution in [1.29, 1.82) is 0 Å². The third-order valence-corrected chi connectivity index (χ3v) is 3.00. The van der Waals surface area contributed by atoms with Gasteiger partial charge in [0.25, 0.3) is 0 Å². The molecule has 1 aromatic heterocycles. The Morgan fingerprint density at radius 2 is 1.85 bits per heavy atom. The number of pyridine rings is 1. The highest BCUT2D eigenvalue weighted by molar-refractivity contribution is 5.96. The van der Waals surface area contributed by atoms with Gasteiger partial charge in [0.1, 0.15) is 0 Å². The molecule has 0 saturated heterocycles. The molecule has 0 fully saturated rings. The second kappa shape index (κ2) is 6.56. The number of benzene rings is 1. The first-order chi connectivity index (χ1) is 9.66. The van der Waals surface area contributed by atoms with Crippen molar-refractivity contribution in [2.24, 2.45) is 0 Å². The number of hydrogen-bond acceptors (Lipinski definition) is 4. The highest BCUT2D eigenvalue weighted by Gasteiger charge is 2.23. The van der Waals surface area contributed by atoms with E-state index in [1.165, 1.54) is 0 Å². The van der Waals surface area contributed by atoms with Crippen LogP contribution in [0.2, 0.25) is 0 Å². The van der Waals surface area contributed by atoms with Crippen molar-refractivity contribution >= 4 is 5.78 Å². The van der Waals surface area contributed by atoms with Gasteiger partial charge in [-0.2, -0.15) is 0 Å². The minimum Gasteiger partial charge on any atom is -0.294 e. The molecule has 0 aliphatic carbocycles. The fraction of sp³-hybridized carbons (Fsp3) is 0.200. The molecule has 0 spiro atoms. The predicted octanol–water partition coefficient (Wildman–Crippen LogP) is 2.71. The maximum Gasteiger partial charge on any atom is 0.212 e. The van der Waals surface area contributed by atoms with Crippen LogP contribution in [0, 0.1) is 10.1 Å². The van der Waals surface area contributed by atoms with Gasteiger partial charge >= 0.3 is 0 Å². The van der Waals surface area contributed by atoms with Crippen molar-refractivity contribution in [3.05, 3.63) is 76.1 Å². The zero-order valence-electron chi connectivity index (χ0n) is 10.8. The van der Waals surface area contributed by atoms with E-state index in [1.807, 2.05) is 6.07 Å². The van der Waals surface area contributed by atoms with E-state index in [9.17, 15) is 14.9 Å². The number of nitrogens with zero attached hydrogens (tertiary/aromatic N) is 2. The molecule has 1 heterocycles. The lowest BCUT2D eigenvalue weighted by atomic mass is 9.95. The second-order valence-corrected chi connectivity index (χ2v) is 4.46. The van der Waals surface area contributed by atoms with Crippen molar-refractivity contribution < 1.29 is 9.72 Å². The largest absolute Gasteiger partial charge is 0.294 e. The van der Waals surface area contributed by atoms with E-state index in [2.05, 4.69) is 4.98 Å². The van der Waals surface area contributed by atoms with Gasteiger partial charge in [0.05, 0.1) is 11.6 Å². The van der Waals surface area contributed by atoms with Gasteiger partial charge in [0.2, 0.25) is 6.54 Å². The number of Topliss-reactive ketones (excluding diaryl/α,β-unsaturated/α-hetero) is 1. The number of carbonyl (C=O) groups excluding carboxylic acids is 1. The summed E-state index contributed by atoms with van der Waals surface area (Å²) in [6.07, 6.45) is 1.66. The molecule has 0 aliphatic rings. The summed E-state index contributed by atoms with van der Waals surface area (Å²) >= 11 is 0. The van der Waals surface area contributed by atoms with Crippen LogP contribution in [-0.2, 0) is 0 Å². The summed E-state index contributed by atoms with van der Waals surface area (Å²) in [5.41, 5.74) is 1.14. The van der Waals surface area contributed by atoms with Crippen LogP contribution in [0.3, 0.4) is 0 Å². The average Bonchev–Trinajstić information content (AvgIpc) is 2.48. The molecule has 1 aromatic carbocycles. The summed E-state index contributed by atoms with van der Waals surface area (Å²) in [7, 11) is 0. The van der Waals surface area contributed by atoms with E-state index in [0.717, 1.165) is 0 Å². The fourth-order valence-corrected chi connectivity index (χ4v) is 2.03. The van der Waals surface area contributed by atoms with Crippen LogP contribution in [0.25, 0.3) is 0 Å². The summed E-state index contributed by atoms with van der Waals surface area (Å²) in [6.45, 7) is -0.296. The molecular weight excluding hydrogens is 256 g/mol. The van der Waals surface area contributed by atoms with Crippen LogP contribution >= 0.6 is 0 Å². The lowest BCUT2D eigenvalue weighted by Crippen LogP contribution is -2.17.